The van der Waals surface area contributed by atoms with Crippen molar-refractivity contribution < 1.29 is 14.6 Å². The third-order valence-electron chi connectivity index (χ3n) is 6.18. The fourth-order valence-electron chi connectivity index (χ4n) is 4.38. The van der Waals surface area contributed by atoms with Crippen molar-refractivity contribution in [2.75, 3.05) is 0 Å². The molecule has 0 unspecified atom stereocenters. The van der Waals surface area contributed by atoms with Crippen LogP contribution in [-0.4, -0.2) is 11.1 Å². The van der Waals surface area contributed by atoms with Gasteiger partial charge in [0.1, 0.15) is 6.10 Å². The lowest BCUT2D eigenvalue weighted by molar-refractivity contribution is -0.0208. The highest BCUT2D eigenvalue weighted by Crippen LogP contribution is 2.36. The van der Waals surface area contributed by atoms with Gasteiger partial charge >= 0.3 is 5.97 Å². The predicted octanol–water partition coefficient (Wildman–Crippen LogP) is 6.08. The number of aliphatic hydroxyl groups is 1. The van der Waals surface area contributed by atoms with Crippen LogP contribution in [0.5, 0.6) is 0 Å². The van der Waals surface area contributed by atoms with Gasteiger partial charge < -0.3 is 9.84 Å². The molecule has 0 aliphatic heterocycles. The number of ether oxygens (including phenoxy) is 1. The van der Waals surface area contributed by atoms with Crippen LogP contribution in [0.2, 0.25) is 0 Å². The first kappa shape index (κ1) is 24.6. The van der Waals surface area contributed by atoms with Gasteiger partial charge in [-0.25, -0.2) is 4.79 Å². The molecule has 37 heavy (non-hydrogen) atoms. The molecule has 5 aromatic rings. The number of carbonyl (C=O) groups excluding carboxylic acids is 1. The largest absolute Gasteiger partial charge is 0.451 e. The average molecular weight is 503 g/mol. The molecule has 3 nitrogen and oxygen atoms in total. The maximum absolute atomic E-state index is 13.8. The van der Waals surface area contributed by atoms with E-state index in [-0.39, 0.29) is 0 Å². The highest BCUT2D eigenvalue weighted by atomic mass is 31.1. The van der Waals surface area contributed by atoms with Crippen molar-refractivity contribution in [1.29, 1.82) is 0 Å². The molecule has 5 aromatic carbocycles. The number of hydrogen-bond donors (Lipinski definition) is 1. The number of hydrogen-bond acceptors (Lipinski definition) is 3. The van der Waals surface area contributed by atoms with E-state index in [9.17, 15) is 9.90 Å². The van der Waals surface area contributed by atoms with E-state index in [0.29, 0.717) is 11.1 Å². The Labute approximate surface area is 218 Å². The van der Waals surface area contributed by atoms with Crippen molar-refractivity contribution in [3.05, 3.63) is 162 Å². The smallest absolute Gasteiger partial charge is 0.339 e. The first-order valence-electron chi connectivity index (χ1n) is 12.2. The van der Waals surface area contributed by atoms with Gasteiger partial charge in [-0.3, -0.25) is 0 Å². The molecule has 182 valence electrons. The highest BCUT2D eigenvalue weighted by molar-refractivity contribution is 7.80. The van der Waals surface area contributed by atoms with Gasteiger partial charge in [0.05, 0.1) is 5.56 Å². The van der Waals surface area contributed by atoms with E-state index in [1.807, 2.05) is 121 Å². The van der Waals surface area contributed by atoms with Crippen molar-refractivity contribution in [2.24, 2.45) is 0 Å². The minimum absolute atomic E-state index is 0.459. The summed E-state index contributed by atoms with van der Waals surface area (Å²) in [7, 11) is -1.00. The molecule has 0 heterocycles. The average Bonchev–Trinajstić information content (AvgIpc) is 2.98. The van der Waals surface area contributed by atoms with Gasteiger partial charge in [-0.15, -0.1) is 0 Å². The van der Waals surface area contributed by atoms with Gasteiger partial charge in [0.15, 0.2) is 6.10 Å². The third-order valence-corrected chi connectivity index (χ3v) is 8.68. The zero-order chi connectivity index (χ0) is 25.5. The summed E-state index contributed by atoms with van der Waals surface area (Å²) in [5.41, 5.74) is 1.92. The van der Waals surface area contributed by atoms with Gasteiger partial charge in [0, 0.05) is 0 Å². The van der Waals surface area contributed by atoms with Crippen molar-refractivity contribution in [3.63, 3.8) is 0 Å². The molecule has 0 aliphatic rings. The predicted molar refractivity (Wildman–Crippen MR) is 151 cm³/mol. The zero-order valence-electron chi connectivity index (χ0n) is 20.2. The van der Waals surface area contributed by atoms with E-state index in [4.69, 9.17) is 4.74 Å². The fourth-order valence-corrected chi connectivity index (χ4v) is 6.82. The highest BCUT2D eigenvalue weighted by Gasteiger charge is 2.29. The van der Waals surface area contributed by atoms with Gasteiger partial charge in [0.25, 0.3) is 0 Å². The van der Waals surface area contributed by atoms with Crippen LogP contribution in [0.1, 0.15) is 33.7 Å². The van der Waals surface area contributed by atoms with Crippen molar-refractivity contribution in [1.82, 2.24) is 0 Å². The number of aliphatic hydroxyl groups excluding tert-OH is 1. The lowest BCUT2D eigenvalue weighted by Crippen LogP contribution is -2.27. The molecule has 0 amide bonds. The first-order chi connectivity index (χ1) is 18.2. The van der Waals surface area contributed by atoms with Crippen LogP contribution in [0, 0.1) is 0 Å². The molecular formula is C33H27O3P. The van der Waals surface area contributed by atoms with Crippen LogP contribution in [0.25, 0.3) is 0 Å². The minimum Gasteiger partial charge on any atom is -0.451 e. The summed E-state index contributed by atoms with van der Waals surface area (Å²) in [6.45, 7) is 0. The van der Waals surface area contributed by atoms with Crippen LogP contribution < -0.4 is 15.9 Å². The van der Waals surface area contributed by atoms with Crippen LogP contribution in [0.3, 0.4) is 0 Å². The van der Waals surface area contributed by atoms with E-state index < -0.39 is 26.1 Å². The lowest BCUT2D eigenvalue weighted by Gasteiger charge is -2.26. The maximum Gasteiger partial charge on any atom is 0.339 e. The monoisotopic (exact) mass is 502 g/mol. The fraction of sp³-hybridized carbons (Fsp3) is 0.0606. The van der Waals surface area contributed by atoms with Crippen LogP contribution in [-0.2, 0) is 4.74 Å². The Morgan fingerprint density at radius 3 is 1.54 bits per heavy atom. The summed E-state index contributed by atoms with van der Waals surface area (Å²) >= 11 is 0. The van der Waals surface area contributed by atoms with Crippen molar-refractivity contribution in [3.8, 4) is 0 Å². The Hall–Kier alpha value is -4.04. The second-order valence-corrected chi connectivity index (χ2v) is 10.8. The summed E-state index contributed by atoms with van der Waals surface area (Å²) < 4.78 is 6.12. The molecule has 4 heteroatoms. The molecule has 0 fully saturated rings. The number of benzene rings is 5. The molecule has 1 N–H and O–H groups in total. The topological polar surface area (TPSA) is 46.5 Å². The summed E-state index contributed by atoms with van der Waals surface area (Å²) in [6, 6.07) is 46.9. The second-order valence-electron chi connectivity index (χ2n) is 8.62. The van der Waals surface area contributed by atoms with E-state index in [0.717, 1.165) is 21.5 Å². The Bertz CT molecular complexity index is 1380. The number of carbonyl (C=O) groups is 1. The Morgan fingerprint density at radius 2 is 1.00 bits per heavy atom. The molecule has 0 bridgehead atoms. The summed E-state index contributed by atoms with van der Waals surface area (Å²) in [4.78, 5) is 13.8. The maximum atomic E-state index is 13.8. The van der Waals surface area contributed by atoms with E-state index >= 15 is 0 Å². The van der Waals surface area contributed by atoms with Crippen LogP contribution in [0.4, 0.5) is 0 Å². The summed E-state index contributed by atoms with van der Waals surface area (Å²) in [5, 5.41) is 14.5. The van der Waals surface area contributed by atoms with Gasteiger partial charge in [-0.05, 0) is 41.0 Å². The zero-order valence-corrected chi connectivity index (χ0v) is 21.1. The van der Waals surface area contributed by atoms with Gasteiger partial charge in [-0.1, -0.05) is 140 Å². The normalized spacial score (nSPS) is 12.6. The Kier molecular flexibility index (Phi) is 7.86. The van der Waals surface area contributed by atoms with Crippen molar-refractivity contribution in [2.45, 2.75) is 12.2 Å². The number of rotatable bonds is 8. The third kappa shape index (κ3) is 5.70. The Balaban J connectivity index is 1.55. The molecule has 0 aliphatic carbocycles. The van der Waals surface area contributed by atoms with E-state index in [1.165, 1.54) is 0 Å². The Morgan fingerprint density at radius 1 is 0.568 bits per heavy atom. The van der Waals surface area contributed by atoms with Gasteiger partial charge in [0.2, 0.25) is 0 Å². The SMILES string of the molecule is O=C(O[C@@H](c1ccccc1)[C@@H](O)c1ccccc1)c1ccccc1P(c1ccccc1)c1ccccc1. The van der Waals surface area contributed by atoms with Crippen LogP contribution in [0.15, 0.2) is 146 Å². The number of esters is 1. The lowest BCUT2D eigenvalue weighted by atomic mass is 9.98. The quantitative estimate of drug-likeness (QED) is 0.207. The van der Waals surface area contributed by atoms with E-state index in [2.05, 4.69) is 24.3 Å². The molecule has 0 aromatic heterocycles. The molecule has 0 radical (unpaired) electrons. The second kappa shape index (κ2) is 11.8. The van der Waals surface area contributed by atoms with Crippen molar-refractivity contribution >= 4 is 29.8 Å². The molecular weight excluding hydrogens is 475 g/mol. The summed E-state index contributed by atoms with van der Waals surface area (Å²) in [6.07, 6.45) is -1.87. The van der Waals surface area contributed by atoms with Crippen LogP contribution >= 0.6 is 7.92 Å². The molecule has 2 atom stereocenters. The molecule has 0 saturated carbocycles. The standard InChI is InChI=1S/C33H27O3P/c34-31(25-15-5-1-6-16-25)32(26-17-7-2-8-18-26)36-33(35)29-23-13-14-24-30(29)37(27-19-9-3-10-20-27)28-21-11-4-12-22-28/h1-24,31-32,34H/t31-,32-/m0/s1. The molecule has 5 rings (SSSR count). The minimum atomic E-state index is -1.01. The summed E-state index contributed by atoms with van der Waals surface area (Å²) in [5.74, 6) is -0.459. The van der Waals surface area contributed by atoms with E-state index in [1.54, 1.807) is 0 Å². The first-order valence-corrected chi connectivity index (χ1v) is 13.5. The molecule has 0 spiro atoms. The van der Waals surface area contributed by atoms with Gasteiger partial charge in [-0.2, -0.15) is 0 Å². The molecule has 0 saturated heterocycles.